The number of anilines is 1. The van der Waals surface area contributed by atoms with Crippen molar-refractivity contribution >= 4 is 16.7 Å². The third kappa shape index (κ3) is 2.62. The van der Waals surface area contributed by atoms with Gasteiger partial charge in [-0.2, -0.15) is 5.10 Å². The van der Waals surface area contributed by atoms with E-state index in [4.69, 9.17) is 9.15 Å². The number of hydrogen-bond donors (Lipinski definition) is 1. The zero-order chi connectivity index (χ0) is 16.5. The second-order valence-corrected chi connectivity index (χ2v) is 5.93. The summed E-state index contributed by atoms with van der Waals surface area (Å²) in [5, 5.41) is 17.1. The van der Waals surface area contributed by atoms with Crippen molar-refractivity contribution in [3.63, 3.8) is 0 Å². The predicted molar refractivity (Wildman–Crippen MR) is 88.7 cm³/mol. The van der Waals surface area contributed by atoms with Crippen LogP contribution in [0.25, 0.3) is 22.5 Å². The van der Waals surface area contributed by atoms with E-state index < -0.39 is 0 Å². The number of pyridine rings is 1. The van der Waals surface area contributed by atoms with Gasteiger partial charge in [-0.15, -0.1) is 10.2 Å². The standard InChI is InChI=1S/C16H20N6O2/c1-3-22-15-12(8-18-22)14(19-11-5-4-6-23-9-11)13(7-17-15)16-21-20-10(2)24-16/h7-8,11H,3-6,9H2,1-2H3,(H,17,19). The van der Waals surface area contributed by atoms with Crippen molar-refractivity contribution in [2.24, 2.45) is 0 Å². The highest BCUT2D eigenvalue weighted by Crippen LogP contribution is 2.34. The molecule has 1 aliphatic heterocycles. The van der Waals surface area contributed by atoms with Crippen LogP contribution in [0.5, 0.6) is 0 Å². The van der Waals surface area contributed by atoms with Gasteiger partial charge in [-0.05, 0) is 19.8 Å². The summed E-state index contributed by atoms with van der Waals surface area (Å²) in [5.74, 6) is 0.992. The van der Waals surface area contributed by atoms with Crippen LogP contribution in [0.1, 0.15) is 25.7 Å². The lowest BCUT2D eigenvalue weighted by atomic mass is 10.1. The van der Waals surface area contributed by atoms with Gasteiger partial charge in [0.05, 0.1) is 29.4 Å². The van der Waals surface area contributed by atoms with Gasteiger partial charge in [0.15, 0.2) is 5.65 Å². The van der Waals surface area contributed by atoms with Crippen LogP contribution in [0.3, 0.4) is 0 Å². The minimum Gasteiger partial charge on any atom is -0.421 e. The van der Waals surface area contributed by atoms with Crippen LogP contribution in [0.15, 0.2) is 16.8 Å². The van der Waals surface area contributed by atoms with E-state index in [-0.39, 0.29) is 6.04 Å². The summed E-state index contributed by atoms with van der Waals surface area (Å²) >= 11 is 0. The van der Waals surface area contributed by atoms with Gasteiger partial charge in [-0.25, -0.2) is 9.67 Å². The Kier molecular flexibility index (Phi) is 3.89. The van der Waals surface area contributed by atoms with Gasteiger partial charge in [0.1, 0.15) is 0 Å². The average molecular weight is 328 g/mol. The monoisotopic (exact) mass is 328 g/mol. The molecule has 1 N–H and O–H groups in total. The number of nitrogens with zero attached hydrogens (tertiary/aromatic N) is 5. The minimum absolute atomic E-state index is 0.247. The van der Waals surface area contributed by atoms with Gasteiger partial charge < -0.3 is 14.5 Å². The van der Waals surface area contributed by atoms with E-state index in [1.165, 1.54) is 0 Å². The molecule has 126 valence electrons. The van der Waals surface area contributed by atoms with Crippen LogP contribution in [-0.4, -0.2) is 44.2 Å². The summed E-state index contributed by atoms with van der Waals surface area (Å²) < 4.78 is 13.1. The van der Waals surface area contributed by atoms with E-state index in [2.05, 4.69) is 25.6 Å². The molecule has 0 bridgehead atoms. The fraction of sp³-hybridized carbons (Fsp3) is 0.500. The number of aromatic nitrogens is 5. The topological polar surface area (TPSA) is 90.9 Å². The molecule has 8 heteroatoms. The summed E-state index contributed by atoms with van der Waals surface area (Å²) in [6.45, 7) is 6.11. The number of rotatable bonds is 4. The molecule has 1 fully saturated rings. The van der Waals surface area contributed by atoms with Gasteiger partial charge in [-0.1, -0.05) is 0 Å². The first kappa shape index (κ1) is 15.1. The lowest BCUT2D eigenvalue weighted by molar-refractivity contribution is 0.0876. The van der Waals surface area contributed by atoms with E-state index >= 15 is 0 Å². The summed E-state index contributed by atoms with van der Waals surface area (Å²) in [7, 11) is 0. The highest BCUT2D eigenvalue weighted by atomic mass is 16.5. The van der Waals surface area contributed by atoms with E-state index in [0.717, 1.165) is 48.3 Å². The van der Waals surface area contributed by atoms with E-state index in [1.54, 1.807) is 13.1 Å². The maximum atomic E-state index is 5.62. The minimum atomic E-state index is 0.247. The van der Waals surface area contributed by atoms with Gasteiger partial charge in [0.25, 0.3) is 5.89 Å². The Bertz CT molecular complexity index is 849. The highest BCUT2D eigenvalue weighted by Gasteiger charge is 2.21. The Morgan fingerprint density at radius 2 is 2.25 bits per heavy atom. The van der Waals surface area contributed by atoms with Gasteiger partial charge in [0, 0.05) is 32.3 Å². The first-order chi connectivity index (χ1) is 11.8. The molecule has 0 amide bonds. The molecule has 0 saturated carbocycles. The molecule has 4 rings (SSSR count). The van der Waals surface area contributed by atoms with Crippen molar-refractivity contribution in [3.05, 3.63) is 18.3 Å². The zero-order valence-corrected chi connectivity index (χ0v) is 13.8. The highest BCUT2D eigenvalue weighted by molar-refractivity contribution is 5.96. The molecule has 1 saturated heterocycles. The second kappa shape index (κ2) is 6.20. The van der Waals surface area contributed by atoms with Crippen molar-refractivity contribution in [2.75, 3.05) is 18.5 Å². The number of hydrogen-bond acceptors (Lipinski definition) is 7. The molecule has 0 aromatic carbocycles. The summed E-state index contributed by atoms with van der Waals surface area (Å²) in [6.07, 6.45) is 5.73. The lowest BCUT2D eigenvalue weighted by Gasteiger charge is -2.25. The molecular formula is C16H20N6O2. The molecular weight excluding hydrogens is 308 g/mol. The molecule has 0 spiro atoms. The molecule has 1 aliphatic rings. The Balaban J connectivity index is 1.82. The average Bonchev–Trinajstić information content (AvgIpc) is 3.22. The third-order valence-electron chi connectivity index (χ3n) is 4.23. The van der Waals surface area contributed by atoms with Gasteiger partial charge >= 0.3 is 0 Å². The molecule has 0 radical (unpaired) electrons. The number of ether oxygens (including phenoxy) is 1. The summed E-state index contributed by atoms with van der Waals surface area (Å²) in [4.78, 5) is 4.55. The fourth-order valence-electron chi connectivity index (χ4n) is 3.04. The Hall–Kier alpha value is -2.48. The van der Waals surface area contributed by atoms with Crippen molar-refractivity contribution in [3.8, 4) is 11.5 Å². The third-order valence-corrected chi connectivity index (χ3v) is 4.23. The summed E-state index contributed by atoms with van der Waals surface area (Å²) in [6, 6.07) is 0.247. The van der Waals surface area contributed by atoms with E-state index in [9.17, 15) is 0 Å². The van der Waals surface area contributed by atoms with Crippen LogP contribution < -0.4 is 5.32 Å². The Labute approximate surface area is 139 Å². The van der Waals surface area contributed by atoms with Crippen molar-refractivity contribution < 1.29 is 9.15 Å². The van der Waals surface area contributed by atoms with Crippen molar-refractivity contribution in [1.82, 2.24) is 25.0 Å². The first-order valence-corrected chi connectivity index (χ1v) is 8.25. The molecule has 3 aromatic rings. The second-order valence-electron chi connectivity index (χ2n) is 5.93. The molecule has 4 heterocycles. The molecule has 1 atom stereocenters. The SMILES string of the molecule is CCn1ncc2c(NC3CCCOC3)c(-c3nnc(C)o3)cnc21. The summed E-state index contributed by atoms with van der Waals surface area (Å²) in [5.41, 5.74) is 2.57. The molecule has 8 nitrogen and oxygen atoms in total. The van der Waals surface area contributed by atoms with Crippen molar-refractivity contribution in [2.45, 2.75) is 39.3 Å². The largest absolute Gasteiger partial charge is 0.421 e. The molecule has 3 aromatic heterocycles. The van der Waals surface area contributed by atoms with Crippen LogP contribution >= 0.6 is 0 Å². The number of fused-ring (bicyclic) bond motifs is 1. The predicted octanol–water partition coefficient (Wildman–Crippen LogP) is 2.40. The smallest absolute Gasteiger partial charge is 0.251 e. The van der Waals surface area contributed by atoms with E-state index in [0.29, 0.717) is 18.4 Å². The number of aryl methyl sites for hydroxylation is 2. The maximum absolute atomic E-state index is 5.62. The normalized spacial score (nSPS) is 18.2. The first-order valence-electron chi connectivity index (χ1n) is 8.25. The van der Waals surface area contributed by atoms with Crippen LogP contribution in [0.4, 0.5) is 5.69 Å². The quantitative estimate of drug-likeness (QED) is 0.786. The van der Waals surface area contributed by atoms with E-state index in [1.807, 2.05) is 17.8 Å². The van der Waals surface area contributed by atoms with Gasteiger partial charge in [-0.3, -0.25) is 0 Å². The van der Waals surface area contributed by atoms with Crippen molar-refractivity contribution in [1.29, 1.82) is 0 Å². The van der Waals surface area contributed by atoms with Crippen LogP contribution in [0, 0.1) is 6.92 Å². The number of nitrogens with one attached hydrogen (secondary N) is 1. The molecule has 1 unspecified atom stereocenters. The molecule has 0 aliphatic carbocycles. The molecule has 24 heavy (non-hydrogen) atoms. The maximum Gasteiger partial charge on any atom is 0.251 e. The van der Waals surface area contributed by atoms with Gasteiger partial charge in [0.2, 0.25) is 5.89 Å². The fourth-order valence-corrected chi connectivity index (χ4v) is 3.04. The zero-order valence-electron chi connectivity index (χ0n) is 13.8. The lowest BCUT2D eigenvalue weighted by Crippen LogP contribution is -2.30. The Morgan fingerprint density at radius 3 is 2.96 bits per heavy atom. The van der Waals surface area contributed by atoms with Crippen LogP contribution in [0.2, 0.25) is 0 Å². The van der Waals surface area contributed by atoms with Crippen LogP contribution in [-0.2, 0) is 11.3 Å². The Morgan fingerprint density at radius 1 is 1.33 bits per heavy atom.